The van der Waals surface area contributed by atoms with Crippen molar-refractivity contribution in [1.82, 2.24) is 14.8 Å². The maximum absolute atomic E-state index is 12.8. The molecule has 3 aromatic rings. The molecule has 43 heavy (non-hydrogen) atoms. The first-order chi connectivity index (χ1) is 20.1. The van der Waals surface area contributed by atoms with Crippen molar-refractivity contribution in [3.63, 3.8) is 0 Å². The molecule has 2 unspecified atom stereocenters. The van der Waals surface area contributed by atoms with Gasteiger partial charge in [0, 0.05) is 43.3 Å². The zero-order valence-corrected chi connectivity index (χ0v) is 24.3. The van der Waals surface area contributed by atoms with Crippen molar-refractivity contribution in [2.75, 3.05) is 30.3 Å². The monoisotopic (exact) mass is 622 g/mol. The van der Waals surface area contributed by atoms with Gasteiger partial charge in [-0.3, -0.25) is 4.31 Å². The van der Waals surface area contributed by atoms with Crippen LogP contribution in [0.1, 0.15) is 28.5 Å². The lowest BCUT2D eigenvalue weighted by atomic mass is 10.1. The lowest BCUT2D eigenvalue weighted by Crippen LogP contribution is -2.44. The van der Waals surface area contributed by atoms with E-state index in [1.807, 2.05) is 19.1 Å². The number of anilines is 1. The first-order valence-corrected chi connectivity index (χ1v) is 14.9. The number of aromatic nitrogens is 1. The Kier molecular flexibility index (Phi) is 9.37. The van der Waals surface area contributed by atoms with Gasteiger partial charge in [-0.15, -0.1) is 0 Å². The molecule has 0 bridgehead atoms. The van der Waals surface area contributed by atoms with Gasteiger partial charge in [0.2, 0.25) is 10.0 Å². The number of carboxylic acid groups (broad SMARTS) is 1. The van der Waals surface area contributed by atoms with Crippen LogP contribution in [-0.4, -0.2) is 84.4 Å². The number of sulfonamides is 1. The predicted octanol–water partition coefficient (Wildman–Crippen LogP) is 2.70. The molecule has 2 atom stereocenters. The fraction of sp³-hybridized carbons (Fsp3) is 0.357. The fourth-order valence-corrected chi connectivity index (χ4v) is 5.81. The van der Waals surface area contributed by atoms with Crippen LogP contribution < -0.4 is 15.4 Å². The summed E-state index contributed by atoms with van der Waals surface area (Å²) < 4.78 is 65.0. The number of carboxylic acids is 1. The first-order valence-electron chi connectivity index (χ1n) is 13.3. The van der Waals surface area contributed by atoms with E-state index >= 15 is 0 Å². The summed E-state index contributed by atoms with van der Waals surface area (Å²) >= 11 is 0. The van der Waals surface area contributed by atoms with Crippen molar-refractivity contribution in [3.05, 3.63) is 77.6 Å². The van der Waals surface area contributed by atoms with Crippen molar-refractivity contribution >= 4 is 38.4 Å². The minimum atomic E-state index is -4.89. The number of hydrogen-bond acceptors (Lipinski definition) is 8. The average Bonchev–Trinajstić information content (AvgIpc) is 3.28. The Morgan fingerprint density at radius 2 is 1.93 bits per heavy atom. The lowest BCUT2D eigenvalue weighted by Gasteiger charge is -2.28. The molecule has 0 saturated carbocycles. The quantitative estimate of drug-likeness (QED) is 0.241. The van der Waals surface area contributed by atoms with E-state index in [9.17, 15) is 36.6 Å². The number of rotatable bonds is 12. The van der Waals surface area contributed by atoms with E-state index in [1.54, 1.807) is 39.9 Å². The summed E-state index contributed by atoms with van der Waals surface area (Å²) in [7, 11) is -3.62. The van der Waals surface area contributed by atoms with Crippen molar-refractivity contribution in [2.45, 2.75) is 38.3 Å². The third-order valence-electron chi connectivity index (χ3n) is 6.99. The molecule has 0 amide bonds. The zero-order valence-electron chi connectivity index (χ0n) is 23.5. The minimum Gasteiger partial charge on any atom is -0.477 e. The van der Waals surface area contributed by atoms with E-state index in [2.05, 4.69) is 10.3 Å². The summed E-state index contributed by atoms with van der Waals surface area (Å²) in [6.07, 6.45) is -1.80. The SMILES string of the molecule is CC(Cc1ccc2c(c1)cc(C(=O)O)n2Cc1cccc(N(C)S(=O)(=O)CC(F)(F)F)c1)NCC(O)N1C=CC(N)=NC1. The van der Waals surface area contributed by atoms with Crippen molar-refractivity contribution < 1.29 is 36.6 Å². The maximum Gasteiger partial charge on any atom is 0.404 e. The molecule has 1 aliphatic rings. The van der Waals surface area contributed by atoms with E-state index < -0.39 is 34.1 Å². The van der Waals surface area contributed by atoms with Crippen molar-refractivity contribution in [3.8, 4) is 0 Å². The van der Waals surface area contributed by atoms with Crippen LogP contribution in [0.25, 0.3) is 10.9 Å². The Balaban J connectivity index is 1.49. The van der Waals surface area contributed by atoms with E-state index in [1.165, 1.54) is 18.2 Å². The Morgan fingerprint density at radius 3 is 2.58 bits per heavy atom. The number of fused-ring (bicyclic) bond motifs is 1. The first kappa shape index (κ1) is 31.8. The number of nitrogens with zero attached hydrogens (tertiary/aromatic N) is 4. The topological polar surface area (TPSA) is 153 Å². The number of alkyl halides is 3. The van der Waals surface area contributed by atoms with Gasteiger partial charge < -0.3 is 30.7 Å². The molecule has 0 saturated heterocycles. The van der Waals surface area contributed by atoms with Crippen LogP contribution in [-0.2, 0) is 23.0 Å². The molecule has 1 aromatic heterocycles. The molecule has 11 nitrogen and oxygen atoms in total. The third kappa shape index (κ3) is 8.06. The van der Waals surface area contributed by atoms with Crippen LogP contribution in [0.3, 0.4) is 0 Å². The second kappa shape index (κ2) is 12.7. The Labute approximate surface area is 246 Å². The third-order valence-corrected chi connectivity index (χ3v) is 8.73. The van der Waals surface area contributed by atoms with Crippen LogP contribution >= 0.6 is 0 Å². The number of aliphatic hydroxyl groups is 1. The highest BCUT2D eigenvalue weighted by molar-refractivity contribution is 7.92. The van der Waals surface area contributed by atoms with Gasteiger partial charge in [-0.2, -0.15) is 13.2 Å². The average molecular weight is 623 g/mol. The van der Waals surface area contributed by atoms with Crippen LogP contribution in [0.15, 0.2) is 65.8 Å². The number of aromatic carboxylic acids is 1. The lowest BCUT2D eigenvalue weighted by molar-refractivity contribution is -0.106. The zero-order chi connectivity index (χ0) is 31.5. The number of carbonyl (C=O) groups is 1. The highest BCUT2D eigenvalue weighted by atomic mass is 32.2. The second-order valence-electron chi connectivity index (χ2n) is 10.4. The van der Waals surface area contributed by atoms with Crippen molar-refractivity contribution in [1.29, 1.82) is 0 Å². The van der Waals surface area contributed by atoms with Gasteiger partial charge in [-0.05, 0) is 60.9 Å². The van der Waals surface area contributed by atoms with Crippen LogP contribution in [0.5, 0.6) is 0 Å². The predicted molar refractivity (Wildman–Crippen MR) is 157 cm³/mol. The number of amidine groups is 1. The number of nitrogens with one attached hydrogen (secondary N) is 1. The molecule has 0 aliphatic carbocycles. The smallest absolute Gasteiger partial charge is 0.404 e. The standard InChI is InChI=1S/C28H33F3N6O5S/c1-18(33-14-26(38)36-9-8-25(32)34-17-36)10-19-6-7-23-21(11-19)13-24(27(39)40)37(23)15-20-4-3-5-22(12-20)35(2)43(41,42)16-28(29,30)31/h3-9,11-13,18,26,33,38H,10,14-17H2,1-2H3,(H2,32,34)(H,39,40). The van der Waals surface area contributed by atoms with Gasteiger partial charge >= 0.3 is 12.1 Å². The largest absolute Gasteiger partial charge is 0.477 e. The molecule has 2 aromatic carbocycles. The summed E-state index contributed by atoms with van der Waals surface area (Å²) in [5, 5.41) is 24.3. The molecular formula is C28H33F3N6O5S. The molecule has 15 heteroatoms. The summed E-state index contributed by atoms with van der Waals surface area (Å²) in [5.41, 5.74) is 7.70. The van der Waals surface area contributed by atoms with Gasteiger partial charge in [0.25, 0.3) is 0 Å². The summed E-state index contributed by atoms with van der Waals surface area (Å²) in [5.74, 6) is -2.76. The van der Waals surface area contributed by atoms with Crippen LogP contribution in [0.4, 0.5) is 18.9 Å². The van der Waals surface area contributed by atoms with Gasteiger partial charge in [-0.1, -0.05) is 18.2 Å². The molecule has 1 aliphatic heterocycles. The molecule has 232 valence electrons. The molecule has 0 radical (unpaired) electrons. The Bertz CT molecular complexity index is 1650. The molecule has 0 spiro atoms. The molecule has 0 fully saturated rings. The van der Waals surface area contributed by atoms with E-state index in [0.717, 1.165) is 12.6 Å². The number of aliphatic hydroxyl groups excluding tert-OH is 1. The summed E-state index contributed by atoms with van der Waals surface area (Å²) in [4.78, 5) is 17.8. The van der Waals surface area contributed by atoms with Crippen LogP contribution in [0, 0.1) is 0 Å². The number of aliphatic imine (C=N–C) groups is 1. The highest BCUT2D eigenvalue weighted by Crippen LogP contribution is 2.27. The van der Waals surface area contributed by atoms with Crippen LogP contribution in [0.2, 0.25) is 0 Å². The van der Waals surface area contributed by atoms with Gasteiger partial charge in [0.1, 0.15) is 24.4 Å². The summed E-state index contributed by atoms with van der Waals surface area (Å²) in [6, 6.07) is 13.0. The highest BCUT2D eigenvalue weighted by Gasteiger charge is 2.37. The molecule has 5 N–H and O–H groups in total. The number of hydrogen-bond donors (Lipinski definition) is 4. The van der Waals surface area contributed by atoms with Gasteiger partial charge in [0.15, 0.2) is 5.75 Å². The number of halogens is 3. The maximum atomic E-state index is 12.8. The Hall–Kier alpha value is -4.08. The normalized spacial score (nSPS) is 15.4. The fourth-order valence-electron chi connectivity index (χ4n) is 4.77. The van der Waals surface area contributed by atoms with E-state index in [0.29, 0.717) is 33.0 Å². The summed E-state index contributed by atoms with van der Waals surface area (Å²) in [6.45, 7) is 2.56. The van der Waals surface area contributed by atoms with Gasteiger partial charge in [-0.25, -0.2) is 18.2 Å². The molecule has 4 rings (SSSR count). The number of nitrogens with two attached hydrogens (primary N) is 1. The van der Waals surface area contributed by atoms with Gasteiger partial charge in [0.05, 0.1) is 5.69 Å². The minimum absolute atomic E-state index is 0.00257. The molecular weight excluding hydrogens is 589 g/mol. The number of benzene rings is 2. The molecule has 2 heterocycles. The van der Waals surface area contributed by atoms with Crippen molar-refractivity contribution in [2.24, 2.45) is 10.7 Å². The van der Waals surface area contributed by atoms with E-state index in [4.69, 9.17) is 5.73 Å². The van der Waals surface area contributed by atoms with E-state index in [-0.39, 0.29) is 37.2 Å². The Morgan fingerprint density at radius 1 is 1.19 bits per heavy atom. The second-order valence-corrected chi connectivity index (χ2v) is 12.4.